The van der Waals surface area contributed by atoms with E-state index in [4.69, 9.17) is 32.7 Å². The number of anilines is 2. The number of aromatic carboxylic acids is 1. The second kappa shape index (κ2) is 14.9. The summed E-state index contributed by atoms with van der Waals surface area (Å²) >= 11 is 13.3. The molecule has 0 unspecified atom stereocenters. The molecule has 3 aromatic carbocycles. The van der Waals surface area contributed by atoms with Gasteiger partial charge < -0.3 is 25.2 Å². The third-order valence-electron chi connectivity index (χ3n) is 9.62. The van der Waals surface area contributed by atoms with Crippen molar-refractivity contribution < 1.29 is 24.2 Å². The van der Waals surface area contributed by atoms with Crippen molar-refractivity contribution in [3.63, 3.8) is 0 Å². The minimum atomic E-state index is -1.07. The highest BCUT2D eigenvalue weighted by Crippen LogP contribution is 2.46. The summed E-state index contributed by atoms with van der Waals surface area (Å²) in [5, 5.41) is 22.3. The molecule has 1 aliphatic heterocycles. The number of nitrogens with zero attached hydrogens (tertiary/aromatic N) is 2. The van der Waals surface area contributed by atoms with Gasteiger partial charge in [-0.15, -0.1) is 0 Å². The average molecular weight is 718 g/mol. The molecule has 0 atom stereocenters. The fourth-order valence-electron chi connectivity index (χ4n) is 7.06. The van der Waals surface area contributed by atoms with E-state index in [-0.39, 0.29) is 17.5 Å². The summed E-state index contributed by atoms with van der Waals surface area (Å²) in [6, 6.07) is 12.8. The first-order valence-corrected chi connectivity index (χ1v) is 17.6. The largest absolute Gasteiger partial charge is 0.494 e. The van der Waals surface area contributed by atoms with E-state index in [0.717, 1.165) is 74.0 Å². The van der Waals surface area contributed by atoms with Gasteiger partial charge in [0.15, 0.2) is 0 Å². The van der Waals surface area contributed by atoms with Crippen LogP contribution < -0.4 is 15.4 Å². The molecule has 4 aromatic rings. The van der Waals surface area contributed by atoms with E-state index in [1.165, 1.54) is 6.07 Å². The van der Waals surface area contributed by atoms with Crippen LogP contribution in [0.25, 0.3) is 16.7 Å². The molecule has 11 heteroatoms. The Bertz CT molecular complexity index is 1990. The molecular formula is C39H42Cl2N4O5. The van der Waals surface area contributed by atoms with Gasteiger partial charge >= 0.3 is 5.97 Å². The maximum Gasteiger partial charge on any atom is 0.335 e. The molecule has 1 fully saturated rings. The van der Waals surface area contributed by atoms with E-state index >= 15 is 0 Å². The van der Waals surface area contributed by atoms with Crippen LogP contribution in [0.5, 0.6) is 5.75 Å². The zero-order valence-corrected chi connectivity index (χ0v) is 30.5. The molecule has 9 nitrogen and oxygen atoms in total. The highest BCUT2D eigenvalue weighted by Gasteiger charge is 2.31. The highest BCUT2D eigenvalue weighted by molar-refractivity contribution is 6.34. The van der Waals surface area contributed by atoms with E-state index in [2.05, 4.69) is 15.7 Å². The fourth-order valence-corrected chi connectivity index (χ4v) is 7.44. The molecule has 1 aliphatic carbocycles. The lowest BCUT2D eigenvalue weighted by atomic mass is 9.93. The first-order chi connectivity index (χ1) is 23.9. The lowest BCUT2D eigenvalue weighted by Gasteiger charge is -2.24. The van der Waals surface area contributed by atoms with Gasteiger partial charge in [-0.25, -0.2) is 4.79 Å². The first kappa shape index (κ1) is 35.5. The molecule has 2 aliphatic rings. The van der Waals surface area contributed by atoms with Crippen molar-refractivity contribution in [2.75, 3.05) is 30.5 Å². The van der Waals surface area contributed by atoms with E-state index in [0.29, 0.717) is 61.1 Å². The zero-order valence-electron chi connectivity index (χ0n) is 29.0. The number of aryl methyl sites for hydroxylation is 4. The number of hydrogen-bond acceptors (Lipinski definition) is 6. The summed E-state index contributed by atoms with van der Waals surface area (Å²) in [7, 11) is 1.91. The monoisotopic (exact) mass is 716 g/mol. The highest BCUT2D eigenvalue weighted by atomic mass is 35.5. The number of aromatic nitrogens is 2. The van der Waals surface area contributed by atoms with Crippen LogP contribution >= 0.6 is 23.2 Å². The van der Waals surface area contributed by atoms with Gasteiger partial charge in [0.25, 0.3) is 5.91 Å². The van der Waals surface area contributed by atoms with E-state index in [1.54, 1.807) is 12.1 Å². The van der Waals surface area contributed by atoms with Crippen molar-refractivity contribution in [2.24, 2.45) is 7.05 Å². The number of carboxylic acid groups (broad SMARTS) is 1. The van der Waals surface area contributed by atoms with Gasteiger partial charge in [0, 0.05) is 76.5 Å². The van der Waals surface area contributed by atoms with E-state index in [9.17, 15) is 14.7 Å². The molecule has 0 spiro atoms. The van der Waals surface area contributed by atoms with Crippen LogP contribution in [0.1, 0.15) is 69.7 Å². The van der Waals surface area contributed by atoms with Gasteiger partial charge in [-0.3, -0.25) is 9.48 Å². The molecule has 50 heavy (non-hydrogen) atoms. The van der Waals surface area contributed by atoms with Crippen molar-refractivity contribution in [3.05, 3.63) is 97.3 Å². The predicted octanol–water partition coefficient (Wildman–Crippen LogP) is 8.72. The quantitative estimate of drug-likeness (QED) is 0.133. The number of carbonyl (C=O) groups excluding carboxylic acids is 1. The molecular weight excluding hydrogens is 675 g/mol. The molecule has 0 radical (unpaired) electrons. The number of carbonyl (C=O) groups is 2. The summed E-state index contributed by atoms with van der Waals surface area (Å²) in [4.78, 5) is 26.4. The minimum absolute atomic E-state index is 0.0858. The van der Waals surface area contributed by atoms with Gasteiger partial charge in [-0.2, -0.15) is 5.10 Å². The van der Waals surface area contributed by atoms with Crippen LogP contribution in [-0.2, 0) is 23.0 Å². The topological polar surface area (TPSA) is 115 Å². The van der Waals surface area contributed by atoms with Crippen LogP contribution in [0.4, 0.5) is 11.4 Å². The number of carboxylic acids is 1. The first-order valence-electron chi connectivity index (χ1n) is 16.9. The van der Waals surface area contributed by atoms with Crippen molar-refractivity contribution >= 4 is 52.0 Å². The molecule has 1 aromatic heterocycles. The Kier molecular flexibility index (Phi) is 10.6. The maximum absolute atomic E-state index is 14.3. The Morgan fingerprint density at radius 3 is 2.36 bits per heavy atom. The van der Waals surface area contributed by atoms with Gasteiger partial charge in [0.1, 0.15) is 5.75 Å². The van der Waals surface area contributed by atoms with Crippen LogP contribution in [0.15, 0.2) is 48.0 Å². The number of fused-ring (bicyclic) bond motifs is 1. The third-order valence-corrected chi connectivity index (χ3v) is 10.5. The predicted molar refractivity (Wildman–Crippen MR) is 199 cm³/mol. The Hall–Kier alpha value is -4.31. The summed E-state index contributed by atoms with van der Waals surface area (Å²) in [5.41, 5.74) is 10.2. The van der Waals surface area contributed by atoms with Crippen LogP contribution in [0, 0.1) is 27.7 Å². The zero-order chi connectivity index (χ0) is 35.7. The van der Waals surface area contributed by atoms with Crippen LogP contribution in [0.2, 0.25) is 10.0 Å². The van der Waals surface area contributed by atoms with Gasteiger partial charge in [0.2, 0.25) is 0 Å². The summed E-state index contributed by atoms with van der Waals surface area (Å²) < 4.78 is 13.5. The number of nitrogens with one attached hydrogen (secondary N) is 2. The molecule has 3 N–H and O–H groups in total. The summed E-state index contributed by atoms with van der Waals surface area (Å²) in [6.07, 6.45) is 3.23. The molecule has 6 rings (SSSR count). The standard InChI is InChI=1S/C39H42Cl2N4O5/c1-21-15-29(16-22(2)37(21)41)50-12-6-7-30-31-8-9-34(40)36(35-23(3)44-45(5)24(35)4)32(31)20-33(30)38(46)43-28-18-25(39(47)48)17-27(19-28)42-26-10-13-49-14-11-26/h8-9,15-19,26,42H,6-7,10-14,20H2,1-5H3,(H,43,46)(H,47,48). The number of benzene rings is 3. The maximum atomic E-state index is 14.3. The molecule has 0 bridgehead atoms. The molecule has 262 valence electrons. The minimum Gasteiger partial charge on any atom is -0.494 e. The molecule has 2 heterocycles. The van der Waals surface area contributed by atoms with Gasteiger partial charge in [-0.1, -0.05) is 29.3 Å². The Morgan fingerprint density at radius 2 is 1.70 bits per heavy atom. The van der Waals surface area contributed by atoms with Crippen LogP contribution in [-0.4, -0.2) is 52.6 Å². The summed E-state index contributed by atoms with van der Waals surface area (Å²) in [5.74, 6) is -0.609. The molecule has 0 saturated carbocycles. The summed E-state index contributed by atoms with van der Waals surface area (Å²) in [6.45, 7) is 9.62. The van der Waals surface area contributed by atoms with Crippen LogP contribution in [0.3, 0.4) is 0 Å². The van der Waals surface area contributed by atoms with Crippen molar-refractivity contribution in [1.82, 2.24) is 9.78 Å². The Labute approximate surface area is 302 Å². The smallest absolute Gasteiger partial charge is 0.335 e. The second-order valence-corrected chi connectivity index (χ2v) is 13.9. The molecule has 1 saturated heterocycles. The van der Waals surface area contributed by atoms with Crippen molar-refractivity contribution in [1.29, 1.82) is 0 Å². The van der Waals surface area contributed by atoms with Crippen molar-refractivity contribution in [3.8, 4) is 16.9 Å². The van der Waals surface area contributed by atoms with Gasteiger partial charge in [-0.05, 0) is 118 Å². The van der Waals surface area contributed by atoms with Gasteiger partial charge in [0.05, 0.1) is 17.9 Å². The number of amides is 1. The van der Waals surface area contributed by atoms with E-state index in [1.807, 2.05) is 63.7 Å². The average Bonchev–Trinajstić information content (AvgIpc) is 3.57. The molecule has 1 amide bonds. The second-order valence-electron chi connectivity index (χ2n) is 13.2. The normalized spacial score (nSPS) is 14.5. The van der Waals surface area contributed by atoms with Crippen molar-refractivity contribution in [2.45, 2.75) is 65.8 Å². The Balaban J connectivity index is 1.32. The number of rotatable bonds is 11. The fraction of sp³-hybridized carbons (Fsp3) is 0.359. The number of halogens is 2. The number of allylic oxidation sites excluding steroid dienone is 1. The number of ether oxygens (including phenoxy) is 2. The lowest BCUT2D eigenvalue weighted by molar-refractivity contribution is -0.112. The van der Waals surface area contributed by atoms with E-state index < -0.39 is 5.97 Å². The number of hydrogen-bond donors (Lipinski definition) is 3. The SMILES string of the molecule is Cc1cc(OCCCC2=C(C(=O)Nc3cc(NC4CCOCC4)cc(C(=O)O)c3)Cc3c2ccc(Cl)c3-c2c(C)nn(C)c2C)cc(C)c1Cl. The lowest BCUT2D eigenvalue weighted by Crippen LogP contribution is -2.28. The third kappa shape index (κ3) is 7.41. The Morgan fingerprint density at radius 1 is 1.00 bits per heavy atom.